The number of fused-ring (bicyclic) bond motifs is 12. The van der Waals surface area contributed by atoms with Crippen LogP contribution in [0.15, 0.2) is 215 Å². The molecule has 302 valence electrons. The standard InChI is InChI=1S/C59H34N4O2/c1-2-14-36(15-3-1)57-60-58(62-59(61-57)40-26-28-44-43-20-9-11-23-52(43)64-54(44)34-40)39-27-30-50(63-49-22-10-8-19-42(49)47-31-37-16-4-5-17-38(37)33-51(47)63)48(32-39)45-21-12-24-53-55(45)46-29-25-35-13-6-7-18-41(35)56(46)65-53/h1-34H. The van der Waals surface area contributed by atoms with Gasteiger partial charge in [-0.3, -0.25) is 0 Å². The first-order valence-electron chi connectivity index (χ1n) is 21.8. The number of aromatic nitrogens is 4. The summed E-state index contributed by atoms with van der Waals surface area (Å²) in [7, 11) is 0. The first-order chi connectivity index (χ1) is 32.2. The van der Waals surface area contributed by atoms with Gasteiger partial charge in [-0.05, 0) is 88.5 Å². The Morgan fingerprint density at radius 3 is 1.80 bits per heavy atom. The van der Waals surface area contributed by atoms with E-state index in [0.717, 1.165) is 99.2 Å². The molecule has 0 fully saturated rings. The Hall–Kier alpha value is -8.87. The van der Waals surface area contributed by atoms with E-state index in [1.54, 1.807) is 0 Å². The van der Waals surface area contributed by atoms with Crippen LogP contribution in [0, 0.1) is 0 Å². The third-order valence-electron chi connectivity index (χ3n) is 13.0. The monoisotopic (exact) mass is 830 g/mol. The van der Waals surface area contributed by atoms with Gasteiger partial charge in [-0.15, -0.1) is 0 Å². The number of para-hydroxylation sites is 2. The van der Waals surface area contributed by atoms with Crippen molar-refractivity contribution < 1.29 is 8.83 Å². The minimum atomic E-state index is 0.561. The van der Waals surface area contributed by atoms with Gasteiger partial charge in [0.1, 0.15) is 22.3 Å². The number of hydrogen-bond acceptors (Lipinski definition) is 5. The lowest BCUT2D eigenvalue weighted by Crippen LogP contribution is -2.02. The molecule has 0 atom stereocenters. The average molecular weight is 831 g/mol. The summed E-state index contributed by atoms with van der Waals surface area (Å²) in [6.07, 6.45) is 0. The second kappa shape index (κ2) is 13.8. The van der Waals surface area contributed by atoms with Gasteiger partial charge in [0.15, 0.2) is 17.5 Å². The van der Waals surface area contributed by atoms with Crippen LogP contribution in [-0.4, -0.2) is 19.5 Å². The summed E-state index contributed by atoms with van der Waals surface area (Å²) in [5.41, 5.74) is 11.3. The quantitative estimate of drug-likeness (QED) is 0.173. The summed E-state index contributed by atoms with van der Waals surface area (Å²) >= 11 is 0. The minimum Gasteiger partial charge on any atom is -0.456 e. The molecule has 0 spiro atoms. The normalized spacial score (nSPS) is 12.0. The molecule has 6 heteroatoms. The molecule has 0 bridgehead atoms. The summed E-state index contributed by atoms with van der Waals surface area (Å²) in [6.45, 7) is 0. The van der Waals surface area contributed by atoms with Crippen LogP contribution in [0.2, 0.25) is 0 Å². The molecular weight excluding hydrogens is 797 g/mol. The molecule has 0 amide bonds. The molecule has 0 saturated carbocycles. The number of benzene rings is 10. The molecule has 0 radical (unpaired) electrons. The van der Waals surface area contributed by atoms with Crippen molar-refractivity contribution in [1.82, 2.24) is 19.5 Å². The highest BCUT2D eigenvalue weighted by Gasteiger charge is 2.23. The highest BCUT2D eigenvalue weighted by atomic mass is 16.3. The molecule has 4 aromatic heterocycles. The van der Waals surface area contributed by atoms with E-state index in [0.29, 0.717) is 17.5 Å². The molecule has 10 aromatic carbocycles. The van der Waals surface area contributed by atoms with Gasteiger partial charge in [0.25, 0.3) is 0 Å². The summed E-state index contributed by atoms with van der Waals surface area (Å²) in [5.74, 6) is 1.71. The fourth-order valence-corrected chi connectivity index (χ4v) is 9.99. The molecule has 0 saturated heterocycles. The fourth-order valence-electron chi connectivity index (χ4n) is 9.99. The number of nitrogens with zero attached hydrogens (tertiary/aromatic N) is 4. The Bertz CT molecular complexity index is 4250. The van der Waals surface area contributed by atoms with Gasteiger partial charge < -0.3 is 13.4 Å². The maximum atomic E-state index is 6.79. The first kappa shape index (κ1) is 35.7. The molecule has 0 unspecified atom stereocenters. The van der Waals surface area contributed by atoms with Gasteiger partial charge in [-0.25, -0.2) is 15.0 Å². The van der Waals surface area contributed by atoms with Gasteiger partial charge in [-0.1, -0.05) is 140 Å². The van der Waals surface area contributed by atoms with E-state index in [1.807, 2.05) is 54.6 Å². The van der Waals surface area contributed by atoms with E-state index in [4.69, 9.17) is 23.8 Å². The Labute approximate surface area is 371 Å². The van der Waals surface area contributed by atoms with E-state index in [1.165, 1.54) is 21.5 Å². The zero-order valence-electron chi connectivity index (χ0n) is 34.7. The van der Waals surface area contributed by atoms with Crippen LogP contribution in [-0.2, 0) is 0 Å². The van der Waals surface area contributed by atoms with Crippen LogP contribution in [0.3, 0.4) is 0 Å². The number of hydrogen-bond donors (Lipinski definition) is 0. The van der Waals surface area contributed by atoms with Crippen LogP contribution in [0.5, 0.6) is 0 Å². The summed E-state index contributed by atoms with van der Waals surface area (Å²) < 4.78 is 15.6. The van der Waals surface area contributed by atoms with Crippen molar-refractivity contribution in [3.63, 3.8) is 0 Å². The molecule has 4 heterocycles. The maximum Gasteiger partial charge on any atom is 0.164 e. The highest BCUT2D eigenvalue weighted by molar-refractivity contribution is 6.20. The molecule has 65 heavy (non-hydrogen) atoms. The largest absolute Gasteiger partial charge is 0.456 e. The van der Waals surface area contributed by atoms with Gasteiger partial charge in [-0.2, -0.15) is 0 Å². The Kier molecular flexibility index (Phi) is 7.59. The smallest absolute Gasteiger partial charge is 0.164 e. The second-order valence-electron chi connectivity index (χ2n) is 16.7. The molecule has 14 aromatic rings. The van der Waals surface area contributed by atoms with Crippen molar-refractivity contribution in [3.8, 4) is 51.0 Å². The van der Waals surface area contributed by atoms with E-state index in [-0.39, 0.29) is 0 Å². The topological polar surface area (TPSA) is 69.9 Å². The van der Waals surface area contributed by atoms with E-state index >= 15 is 0 Å². The number of rotatable bonds is 5. The predicted molar refractivity (Wildman–Crippen MR) is 265 cm³/mol. The van der Waals surface area contributed by atoms with Crippen molar-refractivity contribution in [1.29, 1.82) is 0 Å². The zero-order chi connectivity index (χ0) is 42.6. The van der Waals surface area contributed by atoms with Gasteiger partial charge in [0.2, 0.25) is 0 Å². The lowest BCUT2D eigenvalue weighted by Gasteiger charge is -2.17. The summed E-state index contributed by atoms with van der Waals surface area (Å²) in [4.78, 5) is 15.6. The van der Waals surface area contributed by atoms with Crippen molar-refractivity contribution >= 4 is 87.2 Å². The van der Waals surface area contributed by atoms with Gasteiger partial charge >= 0.3 is 0 Å². The van der Waals surface area contributed by atoms with E-state index < -0.39 is 0 Å². The molecule has 0 aliphatic carbocycles. The summed E-state index contributed by atoms with van der Waals surface area (Å²) in [6, 6.07) is 72.3. The SMILES string of the molecule is c1ccc(-c2nc(-c3ccc(-n4c5ccccc5c5cc6ccccc6cc54)c(-c4cccc5oc6c7ccccc7ccc6c45)c3)nc(-c3ccc4c(c3)oc3ccccc34)n2)cc1. The average Bonchev–Trinajstić information content (AvgIpc) is 4.05. The van der Waals surface area contributed by atoms with Crippen molar-refractivity contribution in [2.45, 2.75) is 0 Å². The predicted octanol–water partition coefficient (Wildman–Crippen LogP) is 15.7. The molecule has 14 rings (SSSR count). The van der Waals surface area contributed by atoms with Crippen LogP contribution >= 0.6 is 0 Å². The van der Waals surface area contributed by atoms with Crippen LogP contribution in [0.4, 0.5) is 0 Å². The summed E-state index contributed by atoms with van der Waals surface area (Å²) in [5, 5.41) is 11.3. The minimum absolute atomic E-state index is 0.561. The Morgan fingerprint density at radius 2 is 0.954 bits per heavy atom. The molecule has 0 N–H and O–H groups in total. The van der Waals surface area contributed by atoms with Crippen molar-refractivity contribution in [3.05, 3.63) is 206 Å². The van der Waals surface area contributed by atoms with Crippen molar-refractivity contribution in [2.24, 2.45) is 0 Å². The Morgan fingerprint density at radius 1 is 0.323 bits per heavy atom. The van der Waals surface area contributed by atoms with E-state index in [9.17, 15) is 0 Å². The van der Waals surface area contributed by atoms with Crippen LogP contribution < -0.4 is 0 Å². The third kappa shape index (κ3) is 5.51. The highest BCUT2D eigenvalue weighted by Crippen LogP contribution is 2.45. The third-order valence-corrected chi connectivity index (χ3v) is 13.0. The fraction of sp³-hybridized carbons (Fsp3) is 0. The van der Waals surface area contributed by atoms with Crippen LogP contribution in [0.25, 0.3) is 138 Å². The maximum absolute atomic E-state index is 6.79. The second-order valence-corrected chi connectivity index (χ2v) is 16.7. The first-order valence-corrected chi connectivity index (χ1v) is 21.8. The molecule has 6 nitrogen and oxygen atoms in total. The zero-order valence-corrected chi connectivity index (χ0v) is 34.7. The van der Waals surface area contributed by atoms with Gasteiger partial charge in [0, 0.05) is 60.0 Å². The van der Waals surface area contributed by atoms with Gasteiger partial charge in [0.05, 0.1) is 16.7 Å². The van der Waals surface area contributed by atoms with E-state index in [2.05, 4.69) is 156 Å². The molecule has 0 aliphatic rings. The molecular formula is C59H34N4O2. The lowest BCUT2D eigenvalue weighted by molar-refractivity contribution is 0.669. The van der Waals surface area contributed by atoms with Crippen LogP contribution in [0.1, 0.15) is 0 Å². The Balaban J connectivity index is 1.06. The molecule has 0 aliphatic heterocycles. The number of furan rings is 2. The lowest BCUT2D eigenvalue weighted by atomic mass is 9.95. The van der Waals surface area contributed by atoms with Crippen molar-refractivity contribution in [2.75, 3.05) is 0 Å².